The second-order valence-electron chi connectivity index (χ2n) is 4.96. The third-order valence-corrected chi connectivity index (χ3v) is 4.57. The fourth-order valence-corrected chi connectivity index (χ4v) is 2.94. The number of amides is 1. The minimum Gasteiger partial charge on any atom is -0.478 e. The van der Waals surface area contributed by atoms with Gasteiger partial charge in [-0.05, 0) is 48.9 Å². The largest absolute Gasteiger partial charge is 0.478 e. The Bertz CT molecular complexity index is 701. The van der Waals surface area contributed by atoms with Crippen LogP contribution in [0.25, 0.3) is 0 Å². The van der Waals surface area contributed by atoms with E-state index in [0.717, 1.165) is 4.90 Å². The predicted molar refractivity (Wildman–Crippen MR) is 92.8 cm³/mol. The van der Waals surface area contributed by atoms with Gasteiger partial charge in [-0.1, -0.05) is 13.0 Å². The smallest absolute Gasteiger partial charge is 0.335 e. The van der Waals surface area contributed by atoms with E-state index in [9.17, 15) is 9.59 Å². The summed E-state index contributed by atoms with van der Waals surface area (Å²) in [6.07, 6.45) is 0.652. The number of carbonyl (C=O) groups is 2. The Morgan fingerprint density at radius 3 is 2.52 bits per heavy atom. The van der Waals surface area contributed by atoms with Gasteiger partial charge in [-0.2, -0.15) is 0 Å². The highest BCUT2D eigenvalue weighted by molar-refractivity contribution is 8.00. The van der Waals surface area contributed by atoms with Crippen molar-refractivity contribution in [2.45, 2.75) is 23.5 Å². The number of carboxylic acid groups (broad SMARTS) is 1. The Morgan fingerprint density at radius 1 is 1.22 bits per heavy atom. The van der Waals surface area contributed by atoms with E-state index in [-0.39, 0.29) is 16.7 Å². The van der Waals surface area contributed by atoms with Gasteiger partial charge in [-0.25, -0.2) is 4.79 Å². The summed E-state index contributed by atoms with van der Waals surface area (Å²) in [5.41, 5.74) is 6.95. The van der Waals surface area contributed by atoms with Crippen LogP contribution in [0.2, 0.25) is 0 Å². The van der Waals surface area contributed by atoms with Gasteiger partial charge in [0.2, 0.25) is 5.91 Å². The summed E-state index contributed by atoms with van der Waals surface area (Å²) in [6.45, 7) is 1.93. The van der Waals surface area contributed by atoms with E-state index < -0.39 is 5.97 Å². The number of nitrogens with two attached hydrogens (primary N) is 1. The average molecular weight is 330 g/mol. The van der Waals surface area contributed by atoms with Crippen molar-refractivity contribution < 1.29 is 14.7 Å². The van der Waals surface area contributed by atoms with Gasteiger partial charge in [0.25, 0.3) is 0 Å². The van der Waals surface area contributed by atoms with Crippen molar-refractivity contribution in [3.63, 3.8) is 0 Å². The van der Waals surface area contributed by atoms with Crippen molar-refractivity contribution in [1.29, 1.82) is 0 Å². The van der Waals surface area contributed by atoms with Gasteiger partial charge in [0.1, 0.15) is 0 Å². The van der Waals surface area contributed by atoms with Crippen molar-refractivity contribution in [2.24, 2.45) is 0 Å². The first-order chi connectivity index (χ1) is 11.0. The van der Waals surface area contributed by atoms with E-state index in [1.54, 1.807) is 24.3 Å². The van der Waals surface area contributed by atoms with Gasteiger partial charge in [-0.15, -0.1) is 11.8 Å². The minimum atomic E-state index is -1.02. The van der Waals surface area contributed by atoms with Gasteiger partial charge in [0.15, 0.2) is 0 Å². The van der Waals surface area contributed by atoms with Crippen molar-refractivity contribution in [1.82, 2.24) is 0 Å². The zero-order valence-corrected chi connectivity index (χ0v) is 13.5. The van der Waals surface area contributed by atoms with Crippen LogP contribution in [0.1, 0.15) is 23.7 Å². The number of anilines is 2. The molecular formula is C17H18N2O3S. The molecule has 2 aromatic carbocycles. The monoisotopic (exact) mass is 330 g/mol. The number of hydrogen-bond acceptors (Lipinski definition) is 4. The maximum atomic E-state index is 12.4. The number of benzene rings is 2. The quantitative estimate of drug-likeness (QED) is 0.557. The van der Waals surface area contributed by atoms with E-state index in [4.69, 9.17) is 10.8 Å². The SMILES string of the molecule is CCC(Sc1ccc(N)cc1)C(=O)Nc1cccc(C(=O)O)c1. The lowest BCUT2D eigenvalue weighted by molar-refractivity contribution is -0.115. The Hall–Kier alpha value is -2.47. The average Bonchev–Trinajstić information content (AvgIpc) is 2.54. The molecular weight excluding hydrogens is 312 g/mol. The first kappa shape index (κ1) is 16.9. The van der Waals surface area contributed by atoms with Crippen molar-refractivity contribution in [2.75, 3.05) is 11.1 Å². The molecule has 6 heteroatoms. The third kappa shape index (κ3) is 4.75. The summed E-state index contributed by atoms with van der Waals surface area (Å²) in [7, 11) is 0. The maximum Gasteiger partial charge on any atom is 0.335 e. The van der Waals surface area contributed by atoms with E-state index in [1.807, 2.05) is 19.1 Å². The third-order valence-electron chi connectivity index (χ3n) is 3.20. The molecule has 120 valence electrons. The van der Waals surface area contributed by atoms with Crippen LogP contribution in [0.3, 0.4) is 0 Å². The van der Waals surface area contributed by atoms with Crippen LogP contribution in [0.4, 0.5) is 11.4 Å². The summed E-state index contributed by atoms with van der Waals surface area (Å²) in [5.74, 6) is -1.18. The Balaban J connectivity index is 2.06. The molecule has 0 fully saturated rings. The highest BCUT2D eigenvalue weighted by Crippen LogP contribution is 2.27. The number of thioether (sulfide) groups is 1. The second kappa shape index (κ2) is 7.69. The van der Waals surface area contributed by atoms with Crippen LogP contribution in [0.5, 0.6) is 0 Å². The molecule has 0 radical (unpaired) electrons. The fraction of sp³-hybridized carbons (Fsp3) is 0.176. The fourth-order valence-electron chi connectivity index (χ4n) is 1.99. The molecule has 0 bridgehead atoms. The van der Waals surface area contributed by atoms with E-state index in [0.29, 0.717) is 17.8 Å². The number of aromatic carboxylic acids is 1. The highest BCUT2D eigenvalue weighted by Gasteiger charge is 2.18. The number of nitrogens with one attached hydrogen (secondary N) is 1. The van der Waals surface area contributed by atoms with Gasteiger partial charge in [0.05, 0.1) is 10.8 Å². The first-order valence-electron chi connectivity index (χ1n) is 7.16. The summed E-state index contributed by atoms with van der Waals surface area (Å²) < 4.78 is 0. The zero-order valence-electron chi connectivity index (χ0n) is 12.7. The Kier molecular flexibility index (Phi) is 5.65. The Labute approximate surface area is 138 Å². The summed E-state index contributed by atoms with van der Waals surface area (Å²) in [4.78, 5) is 24.3. The number of carbonyl (C=O) groups excluding carboxylic acids is 1. The standard InChI is InChI=1S/C17H18N2O3S/c1-2-15(23-14-8-6-12(18)7-9-14)16(20)19-13-5-3-4-11(10-13)17(21)22/h3-10,15H,2,18H2,1H3,(H,19,20)(H,21,22). The maximum absolute atomic E-state index is 12.4. The van der Waals surface area contributed by atoms with Crippen molar-refractivity contribution in [3.05, 3.63) is 54.1 Å². The molecule has 0 saturated carbocycles. The molecule has 4 N–H and O–H groups in total. The van der Waals surface area contributed by atoms with Crippen LogP contribution in [-0.2, 0) is 4.79 Å². The molecule has 0 aliphatic carbocycles. The molecule has 1 unspecified atom stereocenters. The second-order valence-corrected chi connectivity index (χ2v) is 6.24. The van der Waals surface area contributed by atoms with Gasteiger partial charge < -0.3 is 16.2 Å². The summed E-state index contributed by atoms with van der Waals surface area (Å²) in [5, 5.41) is 11.5. The minimum absolute atomic E-state index is 0.141. The van der Waals surface area contributed by atoms with E-state index >= 15 is 0 Å². The van der Waals surface area contributed by atoms with Crippen molar-refractivity contribution >= 4 is 35.0 Å². The molecule has 1 amide bonds. The predicted octanol–water partition coefficient (Wildman–Crippen LogP) is 3.48. The number of nitrogen functional groups attached to an aromatic ring is 1. The van der Waals surface area contributed by atoms with Crippen LogP contribution in [0.15, 0.2) is 53.4 Å². The molecule has 5 nitrogen and oxygen atoms in total. The lowest BCUT2D eigenvalue weighted by atomic mass is 10.2. The number of hydrogen-bond donors (Lipinski definition) is 3. The topological polar surface area (TPSA) is 92.4 Å². The number of rotatable bonds is 6. The van der Waals surface area contributed by atoms with Gasteiger partial charge in [0, 0.05) is 16.3 Å². The lowest BCUT2D eigenvalue weighted by Gasteiger charge is -2.15. The molecule has 1 atom stereocenters. The van der Waals surface area contributed by atoms with Gasteiger partial charge in [-0.3, -0.25) is 4.79 Å². The van der Waals surface area contributed by atoms with Crippen LogP contribution < -0.4 is 11.1 Å². The molecule has 0 aliphatic heterocycles. The molecule has 0 aromatic heterocycles. The zero-order chi connectivity index (χ0) is 16.8. The van der Waals surface area contributed by atoms with E-state index in [2.05, 4.69) is 5.32 Å². The summed E-state index contributed by atoms with van der Waals surface area (Å²) >= 11 is 1.45. The summed E-state index contributed by atoms with van der Waals surface area (Å²) in [6, 6.07) is 13.5. The van der Waals surface area contributed by atoms with Gasteiger partial charge >= 0.3 is 5.97 Å². The van der Waals surface area contributed by atoms with Crippen LogP contribution in [0, 0.1) is 0 Å². The molecule has 23 heavy (non-hydrogen) atoms. The number of carboxylic acids is 1. The van der Waals surface area contributed by atoms with Crippen LogP contribution in [-0.4, -0.2) is 22.2 Å². The molecule has 0 heterocycles. The Morgan fingerprint density at radius 2 is 1.91 bits per heavy atom. The highest BCUT2D eigenvalue weighted by atomic mass is 32.2. The van der Waals surface area contributed by atoms with Crippen LogP contribution >= 0.6 is 11.8 Å². The lowest BCUT2D eigenvalue weighted by Crippen LogP contribution is -2.24. The molecule has 2 rings (SSSR count). The first-order valence-corrected chi connectivity index (χ1v) is 8.04. The molecule has 0 aliphatic rings. The van der Waals surface area contributed by atoms with E-state index in [1.165, 1.54) is 23.9 Å². The molecule has 2 aromatic rings. The normalized spacial score (nSPS) is 11.7. The molecule has 0 spiro atoms. The molecule has 0 saturated heterocycles. The van der Waals surface area contributed by atoms with Crippen molar-refractivity contribution in [3.8, 4) is 0 Å².